The molecule has 1 nitrogen and oxygen atoms in total. The minimum Gasteiger partial charge on any atom is -0.371 e. The van der Waals surface area contributed by atoms with Crippen molar-refractivity contribution in [1.29, 1.82) is 0 Å². The van der Waals surface area contributed by atoms with Crippen molar-refractivity contribution >= 4 is 5.69 Å². The molecule has 0 aromatic heterocycles. The Balaban J connectivity index is 1.49. The van der Waals surface area contributed by atoms with E-state index in [4.69, 9.17) is 0 Å². The summed E-state index contributed by atoms with van der Waals surface area (Å²) in [6.45, 7) is 9.83. The van der Waals surface area contributed by atoms with Crippen LogP contribution in [-0.2, 0) is 12.8 Å². The Bertz CT molecular complexity index is 499. The summed E-state index contributed by atoms with van der Waals surface area (Å²) in [5.74, 6) is 2.90. The van der Waals surface area contributed by atoms with Crippen molar-refractivity contribution in [1.82, 2.24) is 0 Å². The molecule has 1 aromatic rings. The van der Waals surface area contributed by atoms with Gasteiger partial charge in [-0.2, -0.15) is 0 Å². The molecule has 2 fully saturated rings. The van der Waals surface area contributed by atoms with E-state index in [-0.39, 0.29) is 0 Å². The minimum atomic E-state index is 0.513. The Morgan fingerprint density at radius 1 is 1.00 bits per heavy atom. The van der Waals surface area contributed by atoms with E-state index in [1.807, 2.05) is 0 Å². The topological polar surface area (TPSA) is 3.24 Å². The van der Waals surface area contributed by atoms with Crippen LogP contribution in [0, 0.1) is 23.2 Å². The van der Waals surface area contributed by atoms with E-state index in [2.05, 4.69) is 43.9 Å². The number of anilines is 1. The number of aryl methyl sites for hydroxylation is 2. The molecule has 1 heterocycles. The average Bonchev–Trinajstić information content (AvgIpc) is 2.77. The van der Waals surface area contributed by atoms with Crippen molar-refractivity contribution in [3.8, 4) is 0 Å². The van der Waals surface area contributed by atoms with Crippen LogP contribution in [0.25, 0.3) is 0 Å². The quantitative estimate of drug-likeness (QED) is 0.735. The lowest BCUT2D eigenvalue weighted by Crippen LogP contribution is -2.27. The zero-order chi connectivity index (χ0) is 13.2. The predicted octanol–water partition coefficient (Wildman–Crippen LogP) is 3.90. The highest BCUT2D eigenvalue weighted by molar-refractivity contribution is 5.54. The molecule has 19 heavy (non-hydrogen) atoms. The maximum Gasteiger partial charge on any atom is 0.0369 e. The second-order valence-corrected chi connectivity index (χ2v) is 7.93. The Kier molecular flexibility index (Phi) is 2.35. The highest BCUT2D eigenvalue weighted by Crippen LogP contribution is 2.60. The maximum absolute atomic E-state index is 2.64. The van der Waals surface area contributed by atoms with Gasteiger partial charge >= 0.3 is 0 Å². The molecular formula is C18H25N. The van der Waals surface area contributed by atoms with E-state index < -0.39 is 0 Å². The van der Waals surface area contributed by atoms with Crippen LogP contribution < -0.4 is 4.90 Å². The van der Waals surface area contributed by atoms with Gasteiger partial charge in [0, 0.05) is 18.8 Å². The van der Waals surface area contributed by atoms with Gasteiger partial charge in [-0.05, 0) is 65.7 Å². The molecular weight excluding hydrogens is 230 g/mol. The number of nitrogens with zero attached hydrogens (tertiary/aromatic N) is 1. The summed E-state index contributed by atoms with van der Waals surface area (Å²) in [6.07, 6.45) is 3.96. The zero-order valence-corrected chi connectivity index (χ0v) is 12.4. The van der Waals surface area contributed by atoms with Crippen LogP contribution in [0.2, 0.25) is 0 Å². The summed E-state index contributed by atoms with van der Waals surface area (Å²) in [7, 11) is 0. The van der Waals surface area contributed by atoms with Gasteiger partial charge < -0.3 is 4.90 Å². The monoisotopic (exact) mass is 255 g/mol. The fourth-order valence-electron chi connectivity index (χ4n) is 4.78. The first kappa shape index (κ1) is 11.8. The Labute approximate surface area is 117 Å². The lowest BCUT2D eigenvalue weighted by Gasteiger charge is -2.27. The molecule has 2 aliphatic carbocycles. The number of piperidine rings is 1. The molecule has 0 radical (unpaired) electrons. The van der Waals surface area contributed by atoms with E-state index in [0.29, 0.717) is 5.41 Å². The van der Waals surface area contributed by atoms with Crippen LogP contribution in [0.1, 0.15) is 38.3 Å². The largest absolute Gasteiger partial charge is 0.371 e. The van der Waals surface area contributed by atoms with E-state index >= 15 is 0 Å². The SMILES string of the molecule is CC(C)(C)C1C2CN(c3ccc4c(c3)CCC4)CC21. The molecule has 1 saturated carbocycles. The van der Waals surface area contributed by atoms with Gasteiger partial charge in [-0.25, -0.2) is 0 Å². The van der Waals surface area contributed by atoms with Crippen LogP contribution >= 0.6 is 0 Å². The van der Waals surface area contributed by atoms with Crippen molar-refractivity contribution in [2.24, 2.45) is 23.2 Å². The smallest absolute Gasteiger partial charge is 0.0369 e. The highest BCUT2D eigenvalue weighted by atomic mass is 15.2. The highest BCUT2D eigenvalue weighted by Gasteiger charge is 2.59. The van der Waals surface area contributed by atoms with Crippen LogP contribution in [-0.4, -0.2) is 13.1 Å². The van der Waals surface area contributed by atoms with E-state index in [1.165, 1.54) is 38.0 Å². The van der Waals surface area contributed by atoms with Crippen LogP contribution in [0.5, 0.6) is 0 Å². The number of hydrogen-bond donors (Lipinski definition) is 0. The normalized spacial score (nSPS) is 32.4. The van der Waals surface area contributed by atoms with Crippen molar-refractivity contribution in [3.63, 3.8) is 0 Å². The first-order valence-corrected chi connectivity index (χ1v) is 7.91. The van der Waals surface area contributed by atoms with Gasteiger partial charge in [-0.3, -0.25) is 0 Å². The predicted molar refractivity (Wildman–Crippen MR) is 80.6 cm³/mol. The van der Waals surface area contributed by atoms with Crippen LogP contribution in [0.15, 0.2) is 18.2 Å². The standard InChI is InChI=1S/C18H25N/c1-18(2,3)17-15-10-19(11-16(15)17)14-8-7-12-5-4-6-13(12)9-14/h7-9,15-17H,4-6,10-11H2,1-3H3. The van der Waals surface area contributed by atoms with Gasteiger partial charge in [-0.1, -0.05) is 26.8 Å². The van der Waals surface area contributed by atoms with Gasteiger partial charge in [0.05, 0.1) is 0 Å². The molecule has 1 aliphatic heterocycles. The molecule has 0 amide bonds. The summed E-state index contributed by atoms with van der Waals surface area (Å²) in [4.78, 5) is 2.64. The molecule has 4 rings (SSSR count). The van der Waals surface area contributed by atoms with Crippen molar-refractivity contribution in [3.05, 3.63) is 29.3 Å². The molecule has 0 N–H and O–H groups in total. The van der Waals surface area contributed by atoms with Gasteiger partial charge in [0.1, 0.15) is 0 Å². The summed E-state index contributed by atoms with van der Waals surface area (Å²) in [5, 5.41) is 0. The Morgan fingerprint density at radius 2 is 1.68 bits per heavy atom. The minimum absolute atomic E-state index is 0.513. The number of benzene rings is 1. The number of hydrogen-bond acceptors (Lipinski definition) is 1. The fourth-order valence-corrected chi connectivity index (χ4v) is 4.78. The van der Waals surface area contributed by atoms with Gasteiger partial charge in [0.15, 0.2) is 0 Å². The molecule has 2 atom stereocenters. The molecule has 1 saturated heterocycles. The first-order valence-electron chi connectivity index (χ1n) is 7.91. The molecule has 0 spiro atoms. The fraction of sp³-hybridized carbons (Fsp3) is 0.667. The molecule has 3 aliphatic rings. The third-order valence-corrected chi connectivity index (χ3v) is 5.64. The second-order valence-electron chi connectivity index (χ2n) is 7.93. The Morgan fingerprint density at radius 3 is 2.37 bits per heavy atom. The zero-order valence-electron chi connectivity index (χ0n) is 12.4. The van der Waals surface area contributed by atoms with Crippen molar-refractivity contribution < 1.29 is 0 Å². The third-order valence-electron chi connectivity index (χ3n) is 5.64. The first-order chi connectivity index (χ1) is 9.04. The van der Waals surface area contributed by atoms with Crippen LogP contribution in [0.4, 0.5) is 5.69 Å². The number of rotatable bonds is 1. The van der Waals surface area contributed by atoms with E-state index in [0.717, 1.165) is 17.8 Å². The molecule has 1 aromatic carbocycles. The lowest BCUT2D eigenvalue weighted by atomic mass is 9.87. The third kappa shape index (κ3) is 1.81. The van der Waals surface area contributed by atoms with Gasteiger partial charge in [0.2, 0.25) is 0 Å². The molecule has 2 unspecified atom stereocenters. The van der Waals surface area contributed by atoms with E-state index in [9.17, 15) is 0 Å². The van der Waals surface area contributed by atoms with Gasteiger partial charge in [0.25, 0.3) is 0 Å². The van der Waals surface area contributed by atoms with Gasteiger partial charge in [-0.15, -0.1) is 0 Å². The number of fused-ring (bicyclic) bond motifs is 2. The Hall–Kier alpha value is -0.980. The summed E-state index contributed by atoms with van der Waals surface area (Å²) < 4.78 is 0. The molecule has 0 bridgehead atoms. The van der Waals surface area contributed by atoms with Crippen LogP contribution in [0.3, 0.4) is 0 Å². The molecule has 1 heteroatoms. The summed E-state index contributed by atoms with van der Waals surface area (Å²) in [6, 6.07) is 7.21. The summed E-state index contributed by atoms with van der Waals surface area (Å²) in [5.41, 5.74) is 5.21. The molecule has 102 valence electrons. The van der Waals surface area contributed by atoms with E-state index in [1.54, 1.807) is 11.1 Å². The van der Waals surface area contributed by atoms with Crippen molar-refractivity contribution in [2.75, 3.05) is 18.0 Å². The summed E-state index contributed by atoms with van der Waals surface area (Å²) >= 11 is 0. The lowest BCUT2D eigenvalue weighted by molar-refractivity contribution is 0.309. The van der Waals surface area contributed by atoms with Crippen molar-refractivity contribution in [2.45, 2.75) is 40.0 Å². The second kappa shape index (κ2) is 3.77. The average molecular weight is 255 g/mol. The maximum atomic E-state index is 2.64.